The van der Waals surface area contributed by atoms with Gasteiger partial charge >= 0.3 is 0 Å². The summed E-state index contributed by atoms with van der Waals surface area (Å²) in [6, 6.07) is 5.95. The number of benzene rings is 1. The summed E-state index contributed by atoms with van der Waals surface area (Å²) < 4.78 is 7.11. The summed E-state index contributed by atoms with van der Waals surface area (Å²) >= 11 is 1.63. The second-order valence-corrected chi connectivity index (χ2v) is 3.92. The first-order chi connectivity index (χ1) is 6.69. The van der Waals surface area contributed by atoms with Gasteiger partial charge in [-0.15, -0.1) is 0 Å². The van der Waals surface area contributed by atoms with E-state index in [0.29, 0.717) is 6.61 Å². The number of nitrogens with zero attached hydrogens (tertiary/aromatic N) is 1. The highest BCUT2D eigenvalue weighted by Gasteiger charge is 2.05. The van der Waals surface area contributed by atoms with E-state index in [1.165, 1.54) is 0 Å². The molecule has 0 spiro atoms. The molecular formula is C10H16N2OS. The number of methoxy groups -OCH3 is 1. The van der Waals surface area contributed by atoms with E-state index in [0.717, 1.165) is 16.9 Å². The third-order valence-electron chi connectivity index (χ3n) is 2.02. The molecule has 0 radical (unpaired) electrons. The molecule has 0 unspecified atom stereocenters. The number of hydrogen-bond donors (Lipinski definition) is 1. The zero-order valence-corrected chi connectivity index (χ0v) is 9.60. The lowest BCUT2D eigenvalue weighted by atomic mass is 10.2. The first-order valence-electron chi connectivity index (χ1n) is 4.34. The van der Waals surface area contributed by atoms with Gasteiger partial charge in [0.2, 0.25) is 0 Å². The molecule has 2 N–H and O–H groups in total. The van der Waals surface area contributed by atoms with Crippen molar-refractivity contribution in [1.29, 1.82) is 0 Å². The SMILES string of the molecule is COCc1ccc(N)c(N(C)SC)c1. The van der Waals surface area contributed by atoms with Crippen LogP contribution >= 0.6 is 11.9 Å². The number of anilines is 2. The molecule has 0 aliphatic rings. The lowest BCUT2D eigenvalue weighted by Crippen LogP contribution is -2.08. The van der Waals surface area contributed by atoms with Crippen LogP contribution in [0.15, 0.2) is 18.2 Å². The summed E-state index contributed by atoms with van der Waals surface area (Å²) in [4.78, 5) is 0. The van der Waals surface area contributed by atoms with Gasteiger partial charge in [0.1, 0.15) is 0 Å². The van der Waals surface area contributed by atoms with E-state index in [1.54, 1.807) is 19.1 Å². The Bertz CT molecular complexity index is 304. The number of rotatable bonds is 4. The average molecular weight is 212 g/mol. The van der Waals surface area contributed by atoms with Crippen LogP contribution in [0.1, 0.15) is 5.56 Å². The van der Waals surface area contributed by atoms with Crippen LogP contribution in [0.2, 0.25) is 0 Å². The molecule has 0 aliphatic carbocycles. The lowest BCUT2D eigenvalue weighted by molar-refractivity contribution is 0.185. The van der Waals surface area contributed by atoms with Crippen LogP contribution in [0.25, 0.3) is 0 Å². The van der Waals surface area contributed by atoms with Crippen molar-refractivity contribution in [1.82, 2.24) is 0 Å². The Kier molecular flexibility index (Phi) is 4.10. The normalized spacial score (nSPS) is 10.2. The predicted octanol–water partition coefficient (Wildman–Crippen LogP) is 2.13. The second kappa shape index (κ2) is 5.12. The number of nitrogen functional groups attached to an aromatic ring is 1. The minimum atomic E-state index is 0.621. The molecule has 1 aromatic carbocycles. The Morgan fingerprint density at radius 1 is 1.50 bits per heavy atom. The highest BCUT2D eigenvalue weighted by atomic mass is 32.2. The Balaban J connectivity index is 2.95. The van der Waals surface area contributed by atoms with Crippen LogP contribution in [-0.2, 0) is 11.3 Å². The third kappa shape index (κ3) is 2.56. The fraction of sp³-hybridized carbons (Fsp3) is 0.400. The van der Waals surface area contributed by atoms with E-state index < -0.39 is 0 Å². The fourth-order valence-electron chi connectivity index (χ4n) is 1.22. The first-order valence-corrected chi connectivity index (χ1v) is 5.52. The molecule has 0 atom stereocenters. The molecule has 1 rings (SSSR count). The molecule has 78 valence electrons. The topological polar surface area (TPSA) is 38.5 Å². The standard InChI is InChI=1S/C10H16N2OS/c1-12(14-3)10-6-8(7-13-2)4-5-9(10)11/h4-6H,7,11H2,1-3H3. The minimum Gasteiger partial charge on any atom is -0.397 e. The molecule has 0 bridgehead atoms. The smallest absolute Gasteiger partial charge is 0.0713 e. The van der Waals surface area contributed by atoms with Crippen molar-refractivity contribution >= 4 is 23.3 Å². The molecule has 0 aliphatic heterocycles. The van der Waals surface area contributed by atoms with Crippen molar-refractivity contribution in [2.75, 3.05) is 30.5 Å². The van der Waals surface area contributed by atoms with E-state index in [9.17, 15) is 0 Å². The largest absolute Gasteiger partial charge is 0.397 e. The minimum absolute atomic E-state index is 0.621. The van der Waals surface area contributed by atoms with E-state index in [-0.39, 0.29) is 0 Å². The number of nitrogens with two attached hydrogens (primary N) is 1. The monoisotopic (exact) mass is 212 g/mol. The predicted molar refractivity (Wildman–Crippen MR) is 63.5 cm³/mol. The average Bonchev–Trinajstić information content (AvgIpc) is 2.20. The second-order valence-electron chi connectivity index (χ2n) is 3.01. The number of hydrogen-bond acceptors (Lipinski definition) is 4. The van der Waals surface area contributed by atoms with Crippen molar-refractivity contribution in [3.63, 3.8) is 0 Å². The van der Waals surface area contributed by atoms with Crippen molar-refractivity contribution in [2.24, 2.45) is 0 Å². The van der Waals surface area contributed by atoms with Gasteiger partial charge in [0.05, 0.1) is 18.0 Å². The zero-order chi connectivity index (χ0) is 10.6. The van der Waals surface area contributed by atoms with Gasteiger partial charge in [-0.2, -0.15) is 0 Å². The molecule has 0 saturated carbocycles. The summed E-state index contributed by atoms with van der Waals surface area (Å²) in [7, 11) is 3.68. The van der Waals surface area contributed by atoms with Gasteiger partial charge in [-0.1, -0.05) is 18.0 Å². The fourth-order valence-corrected chi connectivity index (χ4v) is 1.57. The van der Waals surface area contributed by atoms with Crippen LogP contribution < -0.4 is 10.0 Å². The van der Waals surface area contributed by atoms with Crippen LogP contribution in [0, 0.1) is 0 Å². The molecular weight excluding hydrogens is 196 g/mol. The third-order valence-corrected chi connectivity index (χ3v) is 2.76. The van der Waals surface area contributed by atoms with E-state index >= 15 is 0 Å². The zero-order valence-electron chi connectivity index (χ0n) is 8.78. The Morgan fingerprint density at radius 2 is 2.21 bits per heavy atom. The first kappa shape index (κ1) is 11.2. The van der Waals surface area contributed by atoms with E-state index in [4.69, 9.17) is 10.5 Å². The lowest BCUT2D eigenvalue weighted by Gasteiger charge is -2.18. The van der Waals surface area contributed by atoms with Crippen LogP contribution in [-0.4, -0.2) is 20.4 Å². The van der Waals surface area contributed by atoms with Gasteiger partial charge in [0.25, 0.3) is 0 Å². The molecule has 4 heteroatoms. The maximum absolute atomic E-state index is 5.87. The Hall–Kier alpha value is -0.870. The van der Waals surface area contributed by atoms with Gasteiger partial charge in [-0.3, -0.25) is 0 Å². The van der Waals surface area contributed by atoms with Crippen molar-refractivity contribution in [3.8, 4) is 0 Å². The molecule has 0 fully saturated rings. The molecule has 14 heavy (non-hydrogen) atoms. The summed E-state index contributed by atoms with van der Waals surface area (Å²) in [6.45, 7) is 0.621. The summed E-state index contributed by atoms with van der Waals surface area (Å²) in [6.07, 6.45) is 2.02. The van der Waals surface area contributed by atoms with Crippen LogP contribution in [0.5, 0.6) is 0 Å². The molecule has 1 aromatic rings. The molecule has 0 amide bonds. The molecule has 0 heterocycles. The van der Waals surface area contributed by atoms with Crippen molar-refractivity contribution < 1.29 is 4.74 Å². The van der Waals surface area contributed by atoms with Gasteiger partial charge < -0.3 is 14.8 Å². The van der Waals surface area contributed by atoms with Crippen molar-refractivity contribution in [3.05, 3.63) is 23.8 Å². The number of ether oxygens (including phenoxy) is 1. The molecule has 0 saturated heterocycles. The maximum atomic E-state index is 5.87. The summed E-state index contributed by atoms with van der Waals surface area (Å²) in [5.41, 5.74) is 8.83. The van der Waals surface area contributed by atoms with E-state index in [2.05, 4.69) is 6.07 Å². The molecule has 3 nitrogen and oxygen atoms in total. The quantitative estimate of drug-likeness (QED) is 0.613. The van der Waals surface area contributed by atoms with E-state index in [1.807, 2.05) is 29.7 Å². The van der Waals surface area contributed by atoms with Gasteiger partial charge in [-0.05, 0) is 17.7 Å². The highest BCUT2D eigenvalue weighted by Crippen LogP contribution is 2.27. The van der Waals surface area contributed by atoms with Gasteiger partial charge in [0, 0.05) is 20.4 Å². The highest BCUT2D eigenvalue weighted by molar-refractivity contribution is 7.99. The van der Waals surface area contributed by atoms with Crippen molar-refractivity contribution in [2.45, 2.75) is 6.61 Å². The van der Waals surface area contributed by atoms with Crippen LogP contribution in [0.3, 0.4) is 0 Å². The Morgan fingerprint density at radius 3 is 2.79 bits per heavy atom. The maximum Gasteiger partial charge on any atom is 0.0713 e. The summed E-state index contributed by atoms with van der Waals surface area (Å²) in [5, 5.41) is 0. The van der Waals surface area contributed by atoms with Gasteiger partial charge in [-0.25, -0.2) is 0 Å². The molecule has 0 aromatic heterocycles. The Labute approximate surface area is 89.4 Å². The van der Waals surface area contributed by atoms with Gasteiger partial charge in [0.15, 0.2) is 0 Å². The summed E-state index contributed by atoms with van der Waals surface area (Å²) in [5.74, 6) is 0. The van der Waals surface area contributed by atoms with Crippen LogP contribution in [0.4, 0.5) is 11.4 Å².